The number of hydrogen-bond donors (Lipinski definition) is 2. The number of benzene rings is 1. The number of rotatable bonds is 5. The number of imidazole rings is 1. The molecule has 1 atom stereocenters. The Morgan fingerprint density at radius 1 is 1.44 bits per heavy atom. The van der Waals surface area contributed by atoms with Crippen LogP contribution in [0.25, 0.3) is 0 Å². The summed E-state index contributed by atoms with van der Waals surface area (Å²) in [5.74, 6) is 1.05. The molecule has 0 radical (unpaired) electrons. The first-order valence-corrected chi connectivity index (χ1v) is 8.37. The number of halogens is 1. The Balaban J connectivity index is 0.00000225. The number of aryl methyl sites for hydroxylation is 2. The van der Waals surface area contributed by atoms with Gasteiger partial charge in [0, 0.05) is 45.6 Å². The molecule has 1 unspecified atom stereocenters. The van der Waals surface area contributed by atoms with Crippen LogP contribution < -0.4 is 10.6 Å². The fourth-order valence-corrected chi connectivity index (χ4v) is 3.15. The second-order valence-electron chi connectivity index (χ2n) is 6.35. The molecule has 0 aliphatic carbocycles. The number of nitrogens with zero attached hydrogens (tertiary/aromatic N) is 3. The zero-order chi connectivity index (χ0) is 16.9. The summed E-state index contributed by atoms with van der Waals surface area (Å²) in [7, 11) is 1.99. The number of carbonyl (C=O) groups excluding carboxylic acids is 1. The van der Waals surface area contributed by atoms with Crippen molar-refractivity contribution in [2.45, 2.75) is 19.5 Å². The van der Waals surface area contributed by atoms with Gasteiger partial charge >= 0.3 is 0 Å². The molecule has 1 amide bonds. The summed E-state index contributed by atoms with van der Waals surface area (Å²) in [6.07, 6.45) is 3.75. The van der Waals surface area contributed by atoms with Crippen LogP contribution in [0.3, 0.4) is 0 Å². The maximum Gasteiger partial charge on any atom is 0.234 e. The van der Waals surface area contributed by atoms with Crippen LogP contribution in [0, 0.1) is 6.92 Å². The van der Waals surface area contributed by atoms with Crippen LogP contribution in [0.4, 0.5) is 0 Å². The van der Waals surface area contributed by atoms with Gasteiger partial charge in [-0.1, -0.05) is 29.8 Å². The summed E-state index contributed by atoms with van der Waals surface area (Å²) in [6, 6.07) is 8.34. The van der Waals surface area contributed by atoms with Crippen molar-refractivity contribution in [2.24, 2.45) is 7.05 Å². The number of piperazine rings is 1. The lowest BCUT2D eigenvalue weighted by Crippen LogP contribution is -2.50. The summed E-state index contributed by atoms with van der Waals surface area (Å²) >= 11 is 0. The number of carbonyl (C=O) groups is 1. The lowest BCUT2D eigenvalue weighted by atomic mass is 10.1. The van der Waals surface area contributed by atoms with E-state index in [0.29, 0.717) is 13.1 Å². The summed E-state index contributed by atoms with van der Waals surface area (Å²) in [4.78, 5) is 19.0. The van der Waals surface area contributed by atoms with Crippen molar-refractivity contribution >= 4 is 18.3 Å². The van der Waals surface area contributed by atoms with Gasteiger partial charge in [-0.25, -0.2) is 4.98 Å². The van der Waals surface area contributed by atoms with E-state index in [1.807, 2.05) is 29.9 Å². The second kappa shape index (κ2) is 8.99. The van der Waals surface area contributed by atoms with Gasteiger partial charge in [-0.3, -0.25) is 9.69 Å². The maximum absolute atomic E-state index is 12.4. The van der Waals surface area contributed by atoms with Gasteiger partial charge < -0.3 is 15.2 Å². The molecule has 136 valence electrons. The highest BCUT2D eigenvalue weighted by Crippen LogP contribution is 2.19. The number of aromatic nitrogens is 2. The summed E-state index contributed by atoms with van der Waals surface area (Å²) in [5, 5.41) is 6.42. The molecule has 2 heterocycles. The quantitative estimate of drug-likeness (QED) is 0.843. The van der Waals surface area contributed by atoms with Crippen molar-refractivity contribution in [1.29, 1.82) is 0 Å². The molecule has 1 saturated heterocycles. The first-order valence-electron chi connectivity index (χ1n) is 8.37. The highest BCUT2D eigenvalue weighted by Gasteiger charge is 2.28. The van der Waals surface area contributed by atoms with Gasteiger partial charge in [0.05, 0.1) is 12.6 Å². The third kappa shape index (κ3) is 5.04. The molecule has 1 fully saturated rings. The smallest absolute Gasteiger partial charge is 0.234 e. The van der Waals surface area contributed by atoms with Gasteiger partial charge in [-0.05, 0) is 12.5 Å². The molecule has 6 nitrogen and oxygen atoms in total. The summed E-state index contributed by atoms with van der Waals surface area (Å²) in [6.45, 7) is 5.58. The molecule has 1 aromatic carbocycles. The van der Waals surface area contributed by atoms with E-state index in [0.717, 1.165) is 31.0 Å². The Hall–Kier alpha value is -1.89. The Morgan fingerprint density at radius 2 is 2.28 bits per heavy atom. The van der Waals surface area contributed by atoms with Gasteiger partial charge in [0.15, 0.2) is 0 Å². The van der Waals surface area contributed by atoms with Crippen LogP contribution in [-0.4, -0.2) is 46.5 Å². The van der Waals surface area contributed by atoms with Crippen LogP contribution in [-0.2, 0) is 18.4 Å². The predicted octanol–water partition coefficient (Wildman–Crippen LogP) is 1.41. The Morgan fingerprint density at radius 3 is 3.00 bits per heavy atom. The van der Waals surface area contributed by atoms with Crippen molar-refractivity contribution in [2.75, 3.05) is 26.2 Å². The summed E-state index contributed by atoms with van der Waals surface area (Å²) in [5.41, 5.74) is 2.34. The maximum atomic E-state index is 12.4. The van der Waals surface area contributed by atoms with Crippen LogP contribution in [0.15, 0.2) is 36.7 Å². The monoisotopic (exact) mass is 363 g/mol. The van der Waals surface area contributed by atoms with Gasteiger partial charge in [-0.15, -0.1) is 12.4 Å². The normalized spacial score (nSPS) is 17.8. The molecule has 25 heavy (non-hydrogen) atoms. The van der Waals surface area contributed by atoms with E-state index < -0.39 is 0 Å². The predicted molar refractivity (Wildman–Crippen MR) is 101 cm³/mol. The van der Waals surface area contributed by atoms with E-state index in [4.69, 9.17) is 0 Å². The van der Waals surface area contributed by atoms with Gasteiger partial charge in [0.2, 0.25) is 5.91 Å². The fourth-order valence-electron chi connectivity index (χ4n) is 3.15. The van der Waals surface area contributed by atoms with Crippen LogP contribution in [0.5, 0.6) is 0 Å². The number of nitrogens with one attached hydrogen (secondary N) is 2. The van der Waals surface area contributed by atoms with Gasteiger partial charge in [0.1, 0.15) is 5.82 Å². The van der Waals surface area contributed by atoms with Crippen molar-refractivity contribution in [1.82, 2.24) is 25.1 Å². The van der Waals surface area contributed by atoms with Crippen molar-refractivity contribution in [3.63, 3.8) is 0 Å². The molecule has 2 N–H and O–H groups in total. The minimum absolute atomic E-state index is 0. The van der Waals surface area contributed by atoms with Crippen LogP contribution in [0.2, 0.25) is 0 Å². The zero-order valence-corrected chi connectivity index (χ0v) is 15.6. The van der Waals surface area contributed by atoms with Crippen LogP contribution in [0.1, 0.15) is 23.0 Å². The molecule has 2 aromatic rings. The molecular weight excluding hydrogens is 338 g/mol. The molecule has 7 heteroatoms. The van der Waals surface area contributed by atoms with E-state index in [1.54, 1.807) is 6.20 Å². The minimum Gasteiger partial charge on any atom is -0.351 e. The number of amides is 1. The van der Waals surface area contributed by atoms with E-state index in [2.05, 4.69) is 39.6 Å². The molecule has 0 spiro atoms. The third-order valence-corrected chi connectivity index (χ3v) is 4.43. The molecule has 1 aromatic heterocycles. The van der Waals surface area contributed by atoms with E-state index in [9.17, 15) is 4.79 Å². The molecular formula is C18H26ClN5O. The first kappa shape index (κ1) is 19.4. The minimum atomic E-state index is 0. The van der Waals surface area contributed by atoms with Crippen molar-refractivity contribution in [3.8, 4) is 0 Å². The third-order valence-electron chi connectivity index (χ3n) is 4.43. The molecule has 1 aliphatic rings. The molecule has 3 rings (SSSR count). The van der Waals surface area contributed by atoms with E-state index in [1.165, 1.54) is 5.56 Å². The van der Waals surface area contributed by atoms with E-state index in [-0.39, 0.29) is 24.4 Å². The standard InChI is InChI=1S/C18H25N5O.ClH/c1-14-4-3-5-15(10-14)11-21-17(24)13-23-9-6-19-12-16(23)18-20-7-8-22(18)2;/h3-5,7-8,10,16,19H,6,9,11-13H2,1-2H3,(H,21,24);1H. The second-order valence-corrected chi connectivity index (χ2v) is 6.35. The Kier molecular flexibility index (Phi) is 6.99. The molecule has 1 aliphatic heterocycles. The molecule has 0 bridgehead atoms. The lowest BCUT2D eigenvalue weighted by Gasteiger charge is -2.35. The van der Waals surface area contributed by atoms with Crippen LogP contribution >= 0.6 is 12.4 Å². The fraction of sp³-hybridized carbons (Fsp3) is 0.444. The van der Waals surface area contributed by atoms with Crippen molar-refractivity contribution < 1.29 is 4.79 Å². The Labute approximate surface area is 155 Å². The largest absolute Gasteiger partial charge is 0.351 e. The number of hydrogen-bond acceptors (Lipinski definition) is 4. The SMILES string of the molecule is Cc1cccc(CNC(=O)CN2CCNCC2c2nccn2C)c1.Cl. The average Bonchev–Trinajstić information content (AvgIpc) is 2.99. The van der Waals surface area contributed by atoms with Gasteiger partial charge in [-0.2, -0.15) is 0 Å². The highest BCUT2D eigenvalue weighted by atomic mass is 35.5. The van der Waals surface area contributed by atoms with E-state index >= 15 is 0 Å². The lowest BCUT2D eigenvalue weighted by molar-refractivity contribution is -0.123. The molecule has 0 saturated carbocycles. The highest BCUT2D eigenvalue weighted by molar-refractivity contribution is 5.85. The topological polar surface area (TPSA) is 62.2 Å². The average molecular weight is 364 g/mol. The zero-order valence-electron chi connectivity index (χ0n) is 14.7. The summed E-state index contributed by atoms with van der Waals surface area (Å²) < 4.78 is 2.02. The van der Waals surface area contributed by atoms with Crippen molar-refractivity contribution in [3.05, 3.63) is 53.6 Å². The Bertz CT molecular complexity index is 702. The first-order chi connectivity index (χ1) is 11.6. The van der Waals surface area contributed by atoms with Gasteiger partial charge in [0.25, 0.3) is 0 Å².